The van der Waals surface area contributed by atoms with Crippen molar-refractivity contribution in [3.63, 3.8) is 0 Å². The van der Waals surface area contributed by atoms with E-state index in [1.165, 1.54) is 11.8 Å². The first-order valence-corrected chi connectivity index (χ1v) is 8.66. The second-order valence-electron chi connectivity index (χ2n) is 7.26. The molecule has 0 aliphatic heterocycles. The van der Waals surface area contributed by atoms with Crippen LogP contribution in [0.25, 0.3) is 11.3 Å². The van der Waals surface area contributed by atoms with Gasteiger partial charge >= 0.3 is 0 Å². The Morgan fingerprint density at radius 1 is 1.04 bits per heavy atom. The molecule has 2 aromatic heterocycles. The van der Waals surface area contributed by atoms with Gasteiger partial charge in [0.2, 0.25) is 0 Å². The van der Waals surface area contributed by atoms with Crippen LogP contribution in [0.2, 0.25) is 0 Å². The Morgan fingerprint density at radius 3 is 2.44 bits per heavy atom. The maximum Gasteiger partial charge on any atom is 0.257 e. The Balaban J connectivity index is 1.91. The zero-order valence-electron chi connectivity index (χ0n) is 15.6. The highest BCUT2D eigenvalue weighted by Crippen LogP contribution is 2.26. The van der Waals surface area contributed by atoms with E-state index in [0.717, 1.165) is 6.29 Å². The molecule has 0 unspecified atom stereocenters. The largest absolute Gasteiger partial charge is 0.322 e. The van der Waals surface area contributed by atoms with Crippen molar-refractivity contribution < 1.29 is 9.59 Å². The maximum atomic E-state index is 12.8. The topological polar surface area (TPSA) is 72.0 Å². The second kappa shape index (κ2) is 7.50. The normalized spacial score (nSPS) is 11.1. The van der Waals surface area contributed by atoms with Crippen molar-refractivity contribution in [3.05, 3.63) is 77.7 Å². The third-order valence-corrected chi connectivity index (χ3v) is 4.30. The molecule has 2 heterocycles. The van der Waals surface area contributed by atoms with Gasteiger partial charge in [-0.3, -0.25) is 19.6 Å². The Morgan fingerprint density at radius 2 is 1.78 bits per heavy atom. The molecule has 1 amide bonds. The predicted molar refractivity (Wildman–Crippen MR) is 106 cm³/mol. The molecule has 0 saturated carbocycles. The van der Waals surface area contributed by atoms with Crippen molar-refractivity contribution in [1.29, 1.82) is 0 Å². The van der Waals surface area contributed by atoms with Gasteiger partial charge in [-0.2, -0.15) is 0 Å². The number of carbonyl (C=O) groups excluding carboxylic acids is 2. The monoisotopic (exact) mass is 359 g/mol. The summed E-state index contributed by atoms with van der Waals surface area (Å²) in [5.41, 5.74) is 3.74. The molecule has 0 fully saturated rings. The highest BCUT2D eigenvalue weighted by atomic mass is 16.1. The summed E-state index contributed by atoms with van der Waals surface area (Å²) < 4.78 is 0. The third-order valence-electron chi connectivity index (χ3n) is 4.30. The molecule has 3 rings (SSSR count). The van der Waals surface area contributed by atoms with Gasteiger partial charge in [0.15, 0.2) is 6.29 Å². The summed E-state index contributed by atoms with van der Waals surface area (Å²) in [6.45, 7) is 6.42. The van der Waals surface area contributed by atoms with Gasteiger partial charge in [0.25, 0.3) is 5.91 Å². The smallest absolute Gasteiger partial charge is 0.257 e. The number of nitrogens with one attached hydrogen (secondary N) is 1. The Labute approximate surface area is 158 Å². The lowest BCUT2D eigenvalue weighted by molar-refractivity contribution is 0.102. The number of hydrogen-bond donors (Lipinski definition) is 1. The van der Waals surface area contributed by atoms with Gasteiger partial charge in [0.1, 0.15) is 0 Å². The fourth-order valence-corrected chi connectivity index (χ4v) is 2.77. The molecule has 0 bridgehead atoms. The Bertz CT molecular complexity index is 973. The number of anilines is 1. The van der Waals surface area contributed by atoms with Crippen LogP contribution in [-0.2, 0) is 5.41 Å². The summed E-state index contributed by atoms with van der Waals surface area (Å²) in [5, 5.41) is 2.89. The Hall–Kier alpha value is -3.34. The first kappa shape index (κ1) is 18.5. The SMILES string of the molecule is CC(C)(C)c1ccc(NC(=O)c2cnccc2-c2ncccc2C=O)cc1. The molecule has 1 N–H and O–H groups in total. The first-order valence-electron chi connectivity index (χ1n) is 8.66. The molecule has 0 radical (unpaired) electrons. The van der Waals surface area contributed by atoms with Crippen LogP contribution in [-0.4, -0.2) is 22.2 Å². The predicted octanol–water partition coefficient (Wildman–Crippen LogP) is 4.51. The molecule has 0 aliphatic rings. The number of nitrogens with zero attached hydrogens (tertiary/aromatic N) is 2. The van der Waals surface area contributed by atoms with Gasteiger partial charge in [-0.25, -0.2) is 0 Å². The number of carbonyl (C=O) groups is 2. The van der Waals surface area contributed by atoms with Crippen molar-refractivity contribution in [2.24, 2.45) is 0 Å². The van der Waals surface area contributed by atoms with E-state index in [1.807, 2.05) is 24.3 Å². The summed E-state index contributed by atoms with van der Waals surface area (Å²) in [7, 11) is 0. The minimum Gasteiger partial charge on any atom is -0.322 e. The van der Waals surface area contributed by atoms with Crippen LogP contribution >= 0.6 is 0 Å². The van der Waals surface area contributed by atoms with E-state index in [2.05, 4.69) is 36.1 Å². The van der Waals surface area contributed by atoms with E-state index in [4.69, 9.17) is 0 Å². The van der Waals surface area contributed by atoms with E-state index < -0.39 is 0 Å². The van der Waals surface area contributed by atoms with E-state index in [-0.39, 0.29) is 11.3 Å². The molecule has 0 spiro atoms. The van der Waals surface area contributed by atoms with Crippen LogP contribution < -0.4 is 5.32 Å². The van der Waals surface area contributed by atoms with E-state index in [1.54, 1.807) is 30.6 Å². The lowest BCUT2D eigenvalue weighted by atomic mass is 9.87. The van der Waals surface area contributed by atoms with Crippen LogP contribution in [0.3, 0.4) is 0 Å². The summed E-state index contributed by atoms with van der Waals surface area (Å²) in [6, 6.07) is 12.8. The molecular formula is C22H21N3O2. The average Bonchev–Trinajstić information content (AvgIpc) is 2.67. The van der Waals surface area contributed by atoms with E-state index in [9.17, 15) is 9.59 Å². The summed E-state index contributed by atoms with van der Waals surface area (Å²) >= 11 is 0. The molecule has 5 heteroatoms. The van der Waals surface area contributed by atoms with Gasteiger partial charge in [-0.1, -0.05) is 32.9 Å². The number of hydrogen-bond acceptors (Lipinski definition) is 4. The Kier molecular flexibility index (Phi) is 5.12. The lowest BCUT2D eigenvalue weighted by Gasteiger charge is -2.19. The molecule has 3 aromatic rings. The molecule has 0 atom stereocenters. The van der Waals surface area contributed by atoms with Crippen molar-refractivity contribution in [1.82, 2.24) is 9.97 Å². The molecule has 0 aliphatic carbocycles. The number of pyridine rings is 2. The number of aldehydes is 1. The van der Waals surface area contributed by atoms with Crippen LogP contribution in [0, 0.1) is 0 Å². The average molecular weight is 359 g/mol. The molecule has 0 saturated heterocycles. The number of aromatic nitrogens is 2. The van der Waals surface area contributed by atoms with E-state index in [0.29, 0.717) is 28.1 Å². The fourth-order valence-electron chi connectivity index (χ4n) is 2.77. The molecule has 136 valence electrons. The minimum absolute atomic E-state index is 0.0449. The first-order chi connectivity index (χ1) is 12.9. The zero-order chi connectivity index (χ0) is 19.4. The van der Waals surface area contributed by atoms with Crippen molar-refractivity contribution in [3.8, 4) is 11.3 Å². The fraction of sp³-hybridized carbons (Fsp3) is 0.182. The summed E-state index contributed by atoms with van der Waals surface area (Å²) in [4.78, 5) is 32.5. The number of benzene rings is 1. The van der Waals surface area contributed by atoms with Crippen molar-refractivity contribution in [2.45, 2.75) is 26.2 Å². The molecule has 27 heavy (non-hydrogen) atoms. The molecule has 5 nitrogen and oxygen atoms in total. The molecular weight excluding hydrogens is 338 g/mol. The quantitative estimate of drug-likeness (QED) is 0.696. The minimum atomic E-state index is -0.302. The van der Waals surface area contributed by atoms with Crippen LogP contribution in [0.4, 0.5) is 5.69 Å². The zero-order valence-corrected chi connectivity index (χ0v) is 15.6. The number of rotatable bonds is 4. The third kappa shape index (κ3) is 4.08. The van der Waals surface area contributed by atoms with Crippen LogP contribution in [0.15, 0.2) is 61.1 Å². The maximum absolute atomic E-state index is 12.8. The second-order valence-corrected chi connectivity index (χ2v) is 7.26. The lowest BCUT2D eigenvalue weighted by Crippen LogP contribution is -2.15. The van der Waals surface area contributed by atoms with Crippen LogP contribution in [0.5, 0.6) is 0 Å². The van der Waals surface area contributed by atoms with Gasteiger partial charge in [-0.05, 0) is 41.3 Å². The van der Waals surface area contributed by atoms with Crippen LogP contribution in [0.1, 0.15) is 47.1 Å². The van der Waals surface area contributed by atoms with Gasteiger partial charge < -0.3 is 5.32 Å². The van der Waals surface area contributed by atoms with Gasteiger partial charge in [0, 0.05) is 35.4 Å². The summed E-state index contributed by atoms with van der Waals surface area (Å²) in [6.07, 6.45) is 5.39. The molecule has 1 aromatic carbocycles. The summed E-state index contributed by atoms with van der Waals surface area (Å²) in [5.74, 6) is -0.302. The van der Waals surface area contributed by atoms with Crippen molar-refractivity contribution >= 4 is 17.9 Å². The van der Waals surface area contributed by atoms with E-state index >= 15 is 0 Å². The number of amides is 1. The highest BCUT2D eigenvalue weighted by Gasteiger charge is 2.17. The van der Waals surface area contributed by atoms with Crippen molar-refractivity contribution in [2.75, 3.05) is 5.32 Å². The van der Waals surface area contributed by atoms with Gasteiger partial charge in [0.05, 0.1) is 11.3 Å². The standard InChI is InChI=1S/C22H21N3O2/c1-22(2,3)16-6-8-17(9-7-16)25-21(27)19-13-23-12-10-18(19)20-15(14-26)5-4-11-24-20/h4-14H,1-3H3,(H,25,27). The van der Waals surface area contributed by atoms with Gasteiger partial charge in [-0.15, -0.1) is 0 Å². The highest BCUT2D eigenvalue weighted by molar-refractivity contribution is 6.09.